The van der Waals surface area contributed by atoms with Gasteiger partial charge in [-0.15, -0.1) is 0 Å². The van der Waals surface area contributed by atoms with Gasteiger partial charge in [0, 0.05) is 18.3 Å². The van der Waals surface area contributed by atoms with Gasteiger partial charge in [-0.25, -0.2) is 4.39 Å². The predicted octanol–water partition coefficient (Wildman–Crippen LogP) is 3.24. The molecular weight excluding hydrogens is 387 g/mol. The lowest BCUT2D eigenvalue weighted by Crippen LogP contribution is -2.26. The summed E-state index contributed by atoms with van der Waals surface area (Å²) in [6.07, 6.45) is 0.326. The highest BCUT2D eigenvalue weighted by Gasteiger charge is 2.35. The van der Waals surface area contributed by atoms with Crippen LogP contribution in [-0.2, 0) is 4.79 Å². The third-order valence-corrected chi connectivity index (χ3v) is 4.42. The molecule has 19 heavy (non-hydrogen) atoms. The van der Waals surface area contributed by atoms with Crippen LogP contribution in [0.25, 0.3) is 0 Å². The minimum atomic E-state index is -0.717. The average Bonchev–Trinajstić information content (AvgIpc) is 2.69. The number of halogens is 3. The number of nitro benzene ring substituents is 1. The molecule has 1 aliphatic heterocycles. The van der Waals surface area contributed by atoms with Crippen LogP contribution < -0.4 is 4.90 Å². The Labute approximate surface area is 125 Å². The Morgan fingerprint density at radius 2 is 2.21 bits per heavy atom. The SMILES string of the molecule is O=C1CC(CBr)CN1c1c(Br)cc(F)cc1[N+](=O)[O-]. The zero-order chi connectivity index (χ0) is 14.2. The van der Waals surface area contributed by atoms with Gasteiger partial charge in [-0.1, -0.05) is 15.9 Å². The molecule has 0 aromatic heterocycles. The minimum absolute atomic E-state index is 0.101. The maximum atomic E-state index is 13.2. The maximum Gasteiger partial charge on any atom is 0.297 e. The van der Waals surface area contributed by atoms with Crippen LogP contribution in [0.5, 0.6) is 0 Å². The Hall–Kier alpha value is -1.02. The highest BCUT2D eigenvalue weighted by molar-refractivity contribution is 9.10. The number of anilines is 1. The monoisotopic (exact) mass is 394 g/mol. The molecule has 8 heteroatoms. The first-order valence-corrected chi connectivity index (χ1v) is 7.35. The van der Waals surface area contributed by atoms with Gasteiger partial charge >= 0.3 is 0 Å². The molecule has 5 nitrogen and oxygen atoms in total. The predicted molar refractivity (Wildman–Crippen MR) is 75.0 cm³/mol. The Kier molecular flexibility index (Phi) is 4.19. The first-order chi connectivity index (χ1) is 8.93. The summed E-state index contributed by atoms with van der Waals surface area (Å²) in [5, 5.41) is 11.7. The summed E-state index contributed by atoms with van der Waals surface area (Å²) in [7, 11) is 0. The number of hydrogen-bond acceptors (Lipinski definition) is 3. The van der Waals surface area contributed by atoms with Crippen LogP contribution >= 0.6 is 31.9 Å². The largest absolute Gasteiger partial charge is 0.305 e. The Morgan fingerprint density at radius 3 is 2.74 bits per heavy atom. The second-order valence-electron chi connectivity index (χ2n) is 4.24. The summed E-state index contributed by atoms with van der Waals surface area (Å²) >= 11 is 6.39. The Bertz CT molecular complexity index is 553. The first-order valence-electron chi connectivity index (χ1n) is 5.43. The smallest absolute Gasteiger partial charge is 0.297 e. The molecule has 0 aliphatic carbocycles. The van der Waals surface area contributed by atoms with E-state index < -0.39 is 16.4 Å². The van der Waals surface area contributed by atoms with E-state index in [1.807, 2.05) is 0 Å². The Balaban J connectivity index is 2.50. The lowest BCUT2D eigenvalue weighted by atomic mass is 10.2. The van der Waals surface area contributed by atoms with Crippen molar-refractivity contribution < 1.29 is 14.1 Å². The Morgan fingerprint density at radius 1 is 1.53 bits per heavy atom. The van der Waals surface area contributed by atoms with Crippen LogP contribution in [0.2, 0.25) is 0 Å². The van der Waals surface area contributed by atoms with Crippen molar-refractivity contribution in [2.24, 2.45) is 5.92 Å². The summed E-state index contributed by atoms with van der Waals surface area (Å²) < 4.78 is 13.5. The van der Waals surface area contributed by atoms with E-state index in [1.54, 1.807) is 0 Å². The van der Waals surface area contributed by atoms with Gasteiger partial charge in [0.05, 0.1) is 15.5 Å². The van der Waals surface area contributed by atoms with E-state index in [9.17, 15) is 19.3 Å². The molecule has 1 fully saturated rings. The van der Waals surface area contributed by atoms with E-state index >= 15 is 0 Å². The third-order valence-electron chi connectivity index (χ3n) is 2.90. The third kappa shape index (κ3) is 2.79. The molecule has 1 saturated heterocycles. The van der Waals surface area contributed by atoms with Crippen molar-refractivity contribution in [2.75, 3.05) is 16.8 Å². The number of nitrogens with zero attached hydrogens (tertiary/aromatic N) is 2. The summed E-state index contributed by atoms with van der Waals surface area (Å²) in [5.74, 6) is -0.810. The van der Waals surface area contributed by atoms with Crippen molar-refractivity contribution >= 4 is 49.1 Å². The van der Waals surface area contributed by atoms with E-state index in [0.717, 1.165) is 12.1 Å². The van der Waals surface area contributed by atoms with E-state index in [1.165, 1.54) is 4.90 Å². The molecule has 1 unspecified atom stereocenters. The van der Waals surface area contributed by atoms with Crippen LogP contribution in [0.4, 0.5) is 15.8 Å². The zero-order valence-corrected chi connectivity index (χ0v) is 12.8. The lowest BCUT2D eigenvalue weighted by Gasteiger charge is -2.18. The van der Waals surface area contributed by atoms with Crippen LogP contribution in [-0.4, -0.2) is 22.7 Å². The van der Waals surface area contributed by atoms with Crippen LogP contribution in [0.15, 0.2) is 16.6 Å². The second-order valence-corrected chi connectivity index (χ2v) is 5.74. The number of nitro groups is 1. The quantitative estimate of drug-likeness (QED) is 0.448. The molecule has 1 aromatic carbocycles. The molecule has 1 aromatic rings. The van der Waals surface area contributed by atoms with Gasteiger partial charge in [0.25, 0.3) is 5.69 Å². The van der Waals surface area contributed by atoms with Gasteiger partial charge in [0.1, 0.15) is 11.5 Å². The molecule has 1 aliphatic rings. The van der Waals surface area contributed by atoms with Crippen molar-refractivity contribution in [3.63, 3.8) is 0 Å². The van der Waals surface area contributed by atoms with E-state index in [2.05, 4.69) is 31.9 Å². The van der Waals surface area contributed by atoms with E-state index in [0.29, 0.717) is 18.3 Å². The van der Waals surface area contributed by atoms with Gasteiger partial charge in [-0.05, 0) is 27.9 Å². The molecule has 1 heterocycles. The molecule has 0 N–H and O–H groups in total. The molecule has 1 atom stereocenters. The van der Waals surface area contributed by atoms with Crippen molar-refractivity contribution in [2.45, 2.75) is 6.42 Å². The summed E-state index contributed by atoms with van der Waals surface area (Å²) in [6.45, 7) is 0.384. The fourth-order valence-corrected chi connectivity index (χ4v) is 3.13. The van der Waals surface area contributed by atoms with Crippen LogP contribution in [0.3, 0.4) is 0 Å². The summed E-state index contributed by atoms with van der Waals surface area (Å²) in [6, 6.07) is 1.95. The van der Waals surface area contributed by atoms with E-state index in [-0.39, 0.29) is 22.0 Å². The molecule has 0 bridgehead atoms. The molecular formula is C11H9Br2FN2O3. The van der Waals surface area contributed by atoms with Crippen molar-refractivity contribution in [1.82, 2.24) is 0 Å². The number of rotatable bonds is 3. The highest BCUT2D eigenvalue weighted by Crippen LogP contribution is 2.39. The molecule has 1 amide bonds. The number of carbonyl (C=O) groups excluding carboxylic acids is 1. The van der Waals surface area contributed by atoms with Gasteiger partial charge in [-0.3, -0.25) is 14.9 Å². The molecule has 2 rings (SSSR count). The fourth-order valence-electron chi connectivity index (χ4n) is 2.06. The number of alkyl halides is 1. The van der Waals surface area contributed by atoms with Gasteiger partial charge in [0.15, 0.2) is 0 Å². The lowest BCUT2D eigenvalue weighted by molar-refractivity contribution is -0.384. The molecule has 0 saturated carbocycles. The van der Waals surface area contributed by atoms with Crippen LogP contribution in [0.1, 0.15) is 6.42 Å². The summed E-state index contributed by atoms with van der Waals surface area (Å²) in [4.78, 5) is 23.6. The number of carbonyl (C=O) groups is 1. The summed E-state index contributed by atoms with van der Waals surface area (Å²) in [5.41, 5.74) is -0.282. The number of amides is 1. The average molecular weight is 396 g/mol. The molecule has 0 spiro atoms. The number of hydrogen-bond donors (Lipinski definition) is 0. The van der Waals surface area contributed by atoms with Gasteiger partial charge in [0.2, 0.25) is 5.91 Å². The highest BCUT2D eigenvalue weighted by atomic mass is 79.9. The number of benzene rings is 1. The topological polar surface area (TPSA) is 63.5 Å². The second kappa shape index (κ2) is 5.54. The van der Waals surface area contributed by atoms with Gasteiger partial charge < -0.3 is 4.90 Å². The fraction of sp³-hybridized carbons (Fsp3) is 0.364. The molecule has 0 radical (unpaired) electrons. The zero-order valence-electron chi connectivity index (χ0n) is 9.61. The van der Waals surface area contributed by atoms with Gasteiger partial charge in [-0.2, -0.15) is 0 Å². The molecule has 102 valence electrons. The normalized spacial score (nSPS) is 19.0. The first kappa shape index (κ1) is 14.4. The van der Waals surface area contributed by atoms with Crippen molar-refractivity contribution in [3.8, 4) is 0 Å². The van der Waals surface area contributed by atoms with E-state index in [4.69, 9.17) is 0 Å². The standard InChI is InChI=1S/C11H9Br2FN2O3/c12-4-6-1-10(17)15(5-6)11-8(13)2-7(14)3-9(11)16(18)19/h2-3,6H,1,4-5H2. The maximum absolute atomic E-state index is 13.2. The minimum Gasteiger partial charge on any atom is -0.305 e. The van der Waals surface area contributed by atoms with Crippen LogP contribution in [0, 0.1) is 21.8 Å². The van der Waals surface area contributed by atoms with Crippen molar-refractivity contribution in [3.05, 3.63) is 32.5 Å². The van der Waals surface area contributed by atoms with Crippen molar-refractivity contribution in [1.29, 1.82) is 0 Å².